The van der Waals surface area contributed by atoms with Gasteiger partial charge in [0.2, 0.25) is 0 Å². The van der Waals surface area contributed by atoms with Crippen LogP contribution >= 0.6 is 11.8 Å². The molecule has 1 N–H and O–H groups in total. The molecule has 0 amide bonds. The summed E-state index contributed by atoms with van der Waals surface area (Å²) in [5.74, 6) is 0.0642. The van der Waals surface area contributed by atoms with Crippen LogP contribution in [-0.2, 0) is 4.74 Å². The normalized spacial score (nSPS) is 15.5. The first kappa shape index (κ1) is 13.6. The number of thioether (sulfide) groups is 1. The average Bonchev–Trinajstić information content (AvgIpc) is 2.35. The summed E-state index contributed by atoms with van der Waals surface area (Å²) in [7, 11) is 0. The number of benzene rings is 1. The molecule has 0 atom stereocenters. The second-order valence-corrected chi connectivity index (χ2v) is 4.54. The first-order valence-corrected chi connectivity index (χ1v) is 6.77. The van der Waals surface area contributed by atoms with Crippen molar-refractivity contribution in [3.63, 3.8) is 0 Å². The standard InChI is InChI=1S/C12H12FN3O2S/c1-19-12(15-7-14)16-10-4-8(13)2-3-11(10)18-9-5-17-6-9/h2-4,9H,5-6H2,1H3,(H,15,16). The molecule has 7 heteroatoms. The first-order valence-electron chi connectivity index (χ1n) is 5.54. The van der Waals surface area contributed by atoms with E-state index in [1.54, 1.807) is 12.4 Å². The topological polar surface area (TPSA) is 66.6 Å². The van der Waals surface area contributed by atoms with Crippen molar-refractivity contribution in [2.24, 2.45) is 4.99 Å². The molecule has 1 aromatic rings. The van der Waals surface area contributed by atoms with Gasteiger partial charge in [0, 0.05) is 6.07 Å². The Morgan fingerprint density at radius 1 is 1.63 bits per heavy atom. The second-order valence-electron chi connectivity index (χ2n) is 3.75. The van der Waals surface area contributed by atoms with Crippen molar-refractivity contribution in [1.29, 1.82) is 5.26 Å². The number of amidine groups is 1. The van der Waals surface area contributed by atoms with Gasteiger partial charge in [-0.1, -0.05) is 11.8 Å². The molecular weight excluding hydrogens is 269 g/mol. The van der Waals surface area contributed by atoms with Gasteiger partial charge in [-0.2, -0.15) is 5.26 Å². The van der Waals surface area contributed by atoms with E-state index in [2.05, 4.69) is 10.3 Å². The highest BCUT2D eigenvalue weighted by molar-refractivity contribution is 8.13. The Kier molecular flexibility index (Phi) is 4.60. The molecule has 0 bridgehead atoms. The van der Waals surface area contributed by atoms with Gasteiger partial charge in [0.25, 0.3) is 0 Å². The third kappa shape index (κ3) is 3.59. The average molecular weight is 281 g/mol. The van der Waals surface area contributed by atoms with Gasteiger partial charge in [0.1, 0.15) is 23.4 Å². The van der Waals surface area contributed by atoms with Crippen LogP contribution in [0.15, 0.2) is 23.2 Å². The maximum Gasteiger partial charge on any atom is 0.183 e. The summed E-state index contributed by atoms with van der Waals surface area (Å²) < 4.78 is 23.9. The van der Waals surface area contributed by atoms with Crippen LogP contribution in [0.5, 0.6) is 5.75 Å². The molecule has 0 spiro atoms. The number of ether oxygens (including phenoxy) is 2. The number of nitrogens with zero attached hydrogens (tertiary/aromatic N) is 2. The number of hydrogen-bond donors (Lipinski definition) is 1. The van der Waals surface area contributed by atoms with E-state index in [9.17, 15) is 4.39 Å². The molecule has 1 aromatic carbocycles. The van der Waals surface area contributed by atoms with Crippen molar-refractivity contribution < 1.29 is 13.9 Å². The van der Waals surface area contributed by atoms with E-state index < -0.39 is 5.82 Å². The van der Waals surface area contributed by atoms with Crippen molar-refractivity contribution in [2.75, 3.05) is 19.5 Å². The van der Waals surface area contributed by atoms with Crippen LogP contribution in [0.1, 0.15) is 0 Å². The summed E-state index contributed by atoms with van der Waals surface area (Å²) in [5.41, 5.74) is 0.346. The van der Waals surface area contributed by atoms with Gasteiger partial charge in [0.15, 0.2) is 11.4 Å². The Hall–Kier alpha value is -1.78. The Bertz CT molecular complexity index is 526. The van der Waals surface area contributed by atoms with Crippen molar-refractivity contribution in [3.8, 4) is 11.9 Å². The molecule has 1 heterocycles. The monoisotopic (exact) mass is 281 g/mol. The van der Waals surface area contributed by atoms with Gasteiger partial charge in [-0.25, -0.2) is 9.38 Å². The highest BCUT2D eigenvalue weighted by atomic mass is 32.2. The molecular formula is C12H12FN3O2S. The van der Waals surface area contributed by atoms with Crippen LogP contribution < -0.4 is 10.1 Å². The largest absolute Gasteiger partial charge is 0.483 e. The summed E-state index contributed by atoms with van der Waals surface area (Å²) in [6, 6.07) is 4.10. The lowest BCUT2D eigenvalue weighted by Gasteiger charge is -2.27. The molecule has 0 unspecified atom stereocenters. The molecule has 0 radical (unpaired) electrons. The van der Waals surface area contributed by atoms with E-state index in [4.69, 9.17) is 14.7 Å². The lowest BCUT2D eigenvalue weighted by atomic mass is 10.2. The maximum absolute atomic E-state index is 13.3. The molecule has 100 valence electrons. The van der Waals surface area contributed by atoms with Crippen LogP contribution in [-0.4, -0.2) is 30.7 Å². The van der Waals surface area contributed by atoms with E-state index in [-0.39, 0.29) is 6.10 Å². The fourth-order valence-electron chi connectivity index (χ4n) is 1.42. The Morgan fingerprint density at radius 3 is 3.00 bits per heavy atom. The van der Waals surface area contributed by atoms with Gasteiger partial charge in [-0.3, -0.25) is 5.32 Å². The highest BCUT2D eigenvalue weighted by Gasteiger charge is 2.21. The summed E-state index contributed by atoms with van der Waals surface area (Å²) in [4.78, 5) is 4.18. The summed E-state index contributed by atoms with van der Waals surface area (Å²) in [6.45, 7) is 1.04. The molecule has 1 saturated heterocycles. The summed E-state index contributed by atoms with van der Waals surface area (Å²) in [6.07, 6.45) is 3.52. The van der Waals surface area contributed by atoms with Gasteiger partial charge in [-0.15, -0.1) is 0 Å². The predicted octanol–water partition coefficient (Wildman–Crippen LogP) is 2.02. The lowest BCUT2D eigenvalue weighted by molar-refractivity contribution is -0.0794. The summed E-state index contributed by atoms with van der Waals surface area (Å²) in [5, 5.41) is 11.4. The summed E-state index contributed by atoms with van der Waals surface area (Å²) >= 11 is 1.26. The minimum absolute atomic E-state index is 0.0268. The van der Waals surface area contributed by atoms with Gasteiger partial charge in [0.05, 0.1) is 13.2 Å². The van der Waals surface area contributed by atoms with Gasteiger partial charge >= 0.3 is 0 Å². The zero-order valence-corrected chi connectivity index (χ0v) is 11.0. The molecule has 0 aromatic heterocycles. The zero-order valence-electron chi connectivity index (χ0n) is 10.2. The Labute approximate surface area is 114 Å². The third-order valence-corrected chi connectivity index (χ3v) is 2.98. The van der Waals surface area contributed by atoms with Crippen LogP contribution in [0.2, 0.25) is 0 Å². The molecule has 1 fully saturated rings. The number of nitriles is 1. The quantitative estimate of drug-likeness (QED) is 0.397. The van der Waals surface area contributed by atoms with E-state index in [1.807, 2.05) is 0 Å². The number of rotatable bonds is 3. The van der Waals surface area contributed by atoms with Gasteiger partial charge in [-0.05, 0) is 18.4 Å². The van der Waals surface area contributed by atoms with Gasteiger partial charge < -0.3 is 9.47 Å². The molecule has 0 saturated carbocycles. The molecule has 1 aliphatic heterocycles. The molecule has 2 rings (SSSR count). The fourth-order valence-corrected chi connectivity index (χ4v) is 1.76. The third-order valence-electron chi connectivity index (χ3n) is 2.40. The Balaban J connectivity index is 2.25. The highest BCUT2D eigenvalue weighted by Crippen LogP contribution is 2.30. The fraction of sp³-hybridized carbons (Fsp3) is 0.333. The van der Waals surface area contributed by atoms with Crippen molar-refractivity contribution in [1.82, 2.24) is 5.32 Å². The van der Waals surface area contributed by atoms with Crippen LogP contribution in [0.25, 0.3) is 0 Å². The van der Waals surface area contributed by atoms with Crippen molar-refractivity contribution in [2.45, 2.75) is 6.10 Å². The smallest absolute Gasteiger partial charge is 0.183 e. The van der Waals surface area contributed by atoms with Crippen molar-refractivity contribution >= 4 is 22.6 Å². The first-order chi connectivity index (χ1) is 9.22. The predicted molar refractivity (Wildman–Crippen MR) is 71.0 cm³/mol. The minimum Gasteiger partial charge on any atom is -0.483 e. The van der Waals surface area contributed by atoms with Crippen LogP contribution in [0, 0.1) is 17.3 Å². The molecule has 19 heavy (non-hydrogen) atoms. The minimum atomic E-state index is -0.409. The van der Waals surface area contributed by atoms with E-state index in [1.165, 1.54) is 30.0 Å². The van der Waals surface area contributed by atoms with E-state index >= 15 is 0 Å². The van der Waals surface area contributed by atoms with Crippen LogP contribution in [0.3, 0.4) is 0 Å². The Morgan fingerprint density at radius 2 is 2.42 bits per heavy atom. The lowest BCUT2D eigenvalue weighted by Crippen LogP contribution is -2.38. The SMILES string of the molecule is CSC(=Nc1cc(F)ccc1OC1COC1)NC#N. The number of aliphatic imine (C=N–C) groups is 1. The maximum atomic E-state index is 13.3. The number of hydrogen-bond acceptors (Lipinski definition) is 5. The second kappa shape index (κ2) is 6.41. The zero-order chi connectivity index (χ0) is 13.7. The molecule has 0 aliphatic carbocycles. The number of nitrogens with one attached hydrogen (secondary N) is 1. The number of halogens is 1. The molecule has 1 aliphatic rings. The molecule has 5 nitrogen and oxygen atoms in total. The van der Waals surface area contributed by atoms with Crippen LogP contribution in [0.4, 0.5) is 10.1 Å². The van der Waals surface area contributed by atoms with Crippen molar-refractivity contribution in [3.05, 3.63) is 24.0 Å². The van der Waals surface area contributed by atoms with E-state index in [0.29, 0.717) is 29.8 Å². The van der Waals surface area contributed by atoms with E-state index in [0.717, 1.165) is 0 Å².